The molecule has 8 heterocycles. The molecule has 10 rings (SSSR count). The fourth-order valence-electron chi connectivity index (χ4n) is 9.51. The molecule has 3 fully saturated rings. The molecule has 3 N–H and O–H groups in total. The van der Waals surface area contributed by atoms with Gasteiger partial charge in [-0.25, -0.2) is 15.0 Å². The maximum absolute atomic E-state index is 13.5. The summed E-state index contributed by atoms with van der Waals surface area (Å²) in [6.07, 6.45) is 7.78. The number of hydrogen-bond donors (Lipinski definition) is 3. The van der Waals surface area contributed by atoms with Gasteiger partial charge in [0.25, 0.3) is 0 Å². The highest BCUT2D eigenvalue weighted by Gasteiger charge is 2.46. The zero-order chi connectivity index (χ0) is 39.5. The average molecular weight is 782 g/mol. The van der Waals surface area contributed by atoms with Crippen LogP contribution in [0.4, 0.5) is 28.7 Å². The van der Waals surface area contributed by atoms with Crippen molar-refractivity contribution in [3.63, 3.8) is 0 Å². The van der Waals surface area contributed by atoms with E-state index in [-0.39, 0.29) is 23.1 Å². The minimum atomic E-state index is -0.429. The van der Waals surface area contributed by atoms with Crippen LogP contribution in [-0.4, -0.2) is 93.2 Å². The van der Waals surface area contributed by atoms with Gasteiger partial charge in [-0.3, -0.25) is 24.4 Å². The molecule has 0 bridgehead atoms. The van der Waals surface area contributed by atoms with Crippen LogP contribution in [-0.2, 0) is 40.8 Å². The van der Waals surface area contributed by atoms with Crippen molar-refractivity contribution in [2.45, 2.75) is 57.9 Å². The predicted molar refractivity (Wildman–Crippen MR) is 219 cm³/mol. The SMILES string of the molecule is Cc1c(N2CCc3cnc(Nc4ccc(CC(=O)N5CCC6(CC5)CN(c5cccc7c(C8CCC(=O)NC8=O)nn(C)c57)C6)cc4)nc3C2)cnc2c1NCCO2. The summed E-state index contributed by atoms with van der Waals surface area (Å²) in [5.41, 5.74) is 10.2. The molecule has 3 aromatic heterocycles. The molecule has 2 aromatic carbocycles. The second-order valence-electron chi connectivity index (χ2n) is 16.5. The van der Waals surface area contributed by atoms with Crippen molar-refractivity contribution in [1.82, 2.24) is 34.9 Å². The summed E-state index contributed by atoms with van der Waals surface area (Å²) in [5, 5.41) is 15.0. The van der Waals surface area contributed by atoms with Crippen molar-refractivity contribution < 1.29 is 19.1 Å². The van der Waals surface area contributed by atoms with E-state index in [9.17, 15) is 14.4 Å². The number of carbonyl (C=O) groups excluding carboxylic acids is 3. The van der Waals surface area contributed by atoms with Crippen LogP contribution >= 0.6 is 0 Å². The molecular formula is C43H47N11O4. The smallest absolute Gasteiger partial charge is 0.237 e. The number of anilines is 5. The van der Waals surface area contributed by atoms with E-state index in [2.05, 4.69) is 48.7 Å². The minimum Gasteiger partial charge on any atom is -0.474 e. The van der Waals surface area contributed by atoms with E-state index in [1.807, 2.05) is 65.4 Å². The maximum Gasteiger partial charge on any atom is 0.237 e. The summed E-state index contributed by atoms with van der Waals surface area (Å²) in [6, 6.07) is 14.2. The molecule has 0 radical (unpaired) electrons. The summed E-state index contributed by atoms with van der Waals surface area (Å²) < 4.78 is 7.60. The minimum absolute atomic E-state index is 0.155. The van der Waals surface area contributed by atoms with E-state index >= 15 is 0 Å². The van der Waals surface area contributed by atoms with E-state index in [1.54, 1.807) is 0 Å². The van der Waals surface area contributed by atoms with Crippen molar-refractivity contribution in [2.24, 2.45) is 12.5 Å². The molecule has 58 heavy (non-hydrogen) atoms. The monoisotopic (exact) mass is 781 g/mol. The number of piperidine rings is 2. The number of amides is 3. The average Bonchev–Trinajstić information content (AvgIpc) is 3.56. The Balaban J connectivity index is 0.728. The Bertz CT molecular complexity index is 2450. The normalized spacial score (nSPS) is 19.8. The Labute approximate surface area is 336 Å². The van der Waals surface area contributed by atoms with Crippen LogP contribution in [0.3, 0.4) is 0 Å². The van der Waals surface area contributed by atoms with Crippen LogP contribution in [0, 0.1) is 12.3 Å². The van der Waals surface area contributed by atoms with E-state index < -0.39 is 5.92 Å². The van der Waals surface area contributed by atoms with Crippen LogP contribution in [0.25, 0.3) is 10.9 Å². The summed E-state index contributed by atoms with van der Waals surface area (Å²) in [5.74, 6) is 0.445. The van der Waals surface area contributed by atoms with Gasteiger partial charge < -0.3 is 30.1 Å². The first kappa shape index (κ1) is 36.1. The number of benzene rings is 2. The first-order chi connectivity index (χ1) is 28.2. The molecule has 3 amide bonds. The third-order valence-corrected chi connectivity index (χ3v) is 12.8. The number of para-hydroxylation sites is 1. The van der Waals surface area contributed by atoms with Crippen LogP contribution in [0.15, 0.2) is 54.9 Å². The molecular weight excluding hydrogens is 735 g/mol. The third kappa shape index (κ3) is 6.51. The molecule has 15 heteroatoms. The van der Waals surface area contributed by atoms with Gasteiger partial charge in [0.15, 0.2) is 0 Å². The van der Waals surface area contributed by atoms with Crippen molar-refractivity contribution in [3.8, 4) is 5.88 Å². The highest BCUT2D eigenvalue weighted by molar-refractivity contribution is 6.03. The quantitative estimate of drug-likeness (QED) is 0.200. The van der Waals surface area contributed by atoms with Crippen molar-refractivity contribution in [1.29, 1.82) is 0 Å². The van der Waals surface area contributed by atoms with Gasteiger partial charge in [-0.2, -0.15) is 5.10 Å². The molecule has 0 aliphatic carbocycles. The molecule has 5 aliphatic rings. The second-order valence-corrected chi connectivity index (χ2v) is 16.5. The Morgan fingerprint density at radius 3 is 2.62 bits per heavy atom. The van der Waals surface area contributed by atoms with Gasteiger partial charge in [-0.05, 0) is 61.9 Å². The Morgan fingerprint density at radius 1 is 0.983 bits per heavy atom. The molecule has 1 spiro atoms. The summed E-state index contributed by atoms with van der Waals surface area (Å²) >= 11 is 0. The van der Waals surface area contributed by atoms with Gasteiger partial charge in [-0.1, -0.05) is 24.3 Å². The zero-order valence-electron chi connectivity index (χ0n) is 32.9. The van der Waals surface area contributed by atoms with Crippen molar-refractivity contribution in [3.05, 3.63) is 82.9 Å². The molecule has 0 saturated carbocycles. The fraction of sp³-hybridized carbons (Fsp3) is 0.419. The molecule has 1 atom stereocenters. The molecule has 298 valence electrons. The fourth-order valence-corrected chi connectivity index (χ4v) is 9.51. The highest BCUT2D eigenvalue weighted by atomic mass is 16.5. The van der Waals surface area contributed by atoms with Gasteiger partial charge in [0.1, 0.15) is 12.3 Å². The lowest BCUT2D eigenvalue weighted by atomic mass is 9.71. The zero-order valence-corrected chi connectivity index (χ0v) is 32.9. The number of ether oxygens (including phenoxy) is 1. The lowest BCUT2D eigenvalue weighted by molar-refractivity contribution is -0.135. The van der Waals surface area contributed by atoms with E-state index in [0.29, 0.717) is 44.2 Å². The van der Waals surface area contributed by atoms with Gasteiger partial charge in [-0.15, -0.1) is 0 Å². The number of imide groups is 1. The van der Waals surface area contributed by atoms with Crippen LogP contribution < -0.4 is 30.5 Å². The Kier molecular flexibility index (Phi) is 8.90. The Morgan fingerprint density at radius 2 is 1.81 bits per heavy atom. The number of hydrogen-bond acceptors (Lipinski definition) is 12. The van der Waals surface area contributed by atoms with E-state index in [1.165, 1.54) is 0 Å². The highest BCUT2D eigenvalue weighted by Crippen LogP contribution is 2.45. The summed E-state index contributed by atoms with van der Waals surface area (Å²) in [6.45, 7) is 8.39. The standard InChI is InChI=1S/C43H47N11O4/c1-26-34(22-45-41-37(26)44-15-19-58-41)53-16-12-28-21-46-42(48-32(28)23-53)47-29-8-6-27(7-9-29)20-36(56)52-17-13-43(14-18-52)24-54(25-43)33-5-3-4-30-38(50-51(2)39(30)33)31-10-11-35(55)49-40(31)57/h3-9,21-22,31,44H,10-20,23-25H2,1-2H3,(H,46,47,48)(H,49,55,57). The number of nitrogens with one attached hydrogen (secondary N) is 3. The predicted octanol–water partition coefficient (Wildman–Crippen LogP) is 4.37. The van der Waals surface area contributed by atoms with Crippen molar-refractivity contribution >= 4 is 57.3 Å². The van der Waals surface area contributed by atoms with E-state index in [4.69, 9.17) is 14.8 Å². The number of aromatic nitrogens is 5. The first-order valence-electron chi connectivity index (χ1n) is 20.3. The molecule has 5 aromatic rings. The topological polar surface area (TPSA) is 163 Å². The summed E-state index contributed by atoms with van der Waals surface area (Å²) in [7, 11) is 1.92. The number of carbonyl (C=O) groups is 3. The second kappa shape index (κ2) is 14.3. The molecule has 1 unspecified atom stereocenters. The largest absolute Gasteiger partial charge is 0.474 e. The number of likely N-dealkylation sites (tertiary alicyclic amines) is 1. The van der Waals surface area contributed by atoms with Gasteiger partial charge in [0, 0.05) is 81.0 Å². The number of pyridine rings is 1. The van der Waals surface area contributed by atoms with Crippen LogP contribution in [0.1, 0.15) is 59.7 Å². The molecule has 3 saturated heterocycles. The lowest BCUT2D eigenvalue weighted by Gasteiger charge is -2.55. The maximum atomic E-state index is 13.5. The summed E-state index contributed by atoms with van der Waals surface area (Å²) in [4.78, 5) is 58.7. The van der Waals surface area contributed by atoms with Crippen LogP contribution in [0.5, 0.6) is 5.88 Å². The number of nitrogens with zero attached hydrogens (tertiary/aromatic N) is 8. The van der Waals surface area contributed by atoms with Gasteiger partial charge in [0.2, 0.25) is 29.5 Å². The van der Waals surface area contributed by atoms with Gasteiger partial charge in [0.05, 0.1) is 53.4 Å². The Hall–Kier alpha value is -6.25. The lowest BCUT2D eigenvalue weighted by Crippen LogP contribution is -2.61. The number of fused-ring (bicyclic) bond motifs is 3. The molecule has 15 nitrogen and oxygen atoms in total. The first-order valence-corrected chi connectivity index (χ1v) is 20.3. The van der Waals surface area contributed by atoms with E-state index in [0.717, 1.165) is 120 Å². The number of aryl methyl sites for hydroxylation is 1. The van der Waals surface area contributed by atoms with Crippen molar-refractivity contribution in [2.75, 3.05) is 66.3 Å². The van der Waals surface area contributed by atoms with Gasteiger partial charge >= 0.3 is 0 Å². The number of rotatable bonds is 7. The third-order valence-electron chi connectivity index (χ3n) is 12.8. The van der Waals surface area contributed by atoms with Crippen LogP contribution in [0.2, 0.25) is 0 Å². The molecule has 5 aliphatic heterocycles.